The fourth-order valence-electron chi connectivity index (χ4n) is 1.88. The SMILES string of the molecule is O=C(Cc1ccccc1[N+](=O)[O-])NCC#Cc1ccccc1. The molecule has 0 saturated heterocycles. The fraction of sp³-hybridized carbons (Fsp3) is 0.118. The highest BCUT2D eigenvalue weighted by atomic mass is 16.6. The molecule has 22 heavy (non-hydrogen) atoms. The summed E-state index contributed by atoms with van der Waals surface area (Å²) in [7, 11) is 0. The van der Waals surface area contributed by atoms with Crippen LogP contribution in [0.4, 0.5) is 5.69 Å². The van der Waals surface area contributed by atoms with Gasteiger partial charge in [0.2, 0.25) is 5.91 Å². The van der Waals surface area contributed by atoms with Crippen molar-refractivity contribution in [2.24, 2.45) is 0 Å². The normalized spacial score (nSPS) is 9.45. The average Bonchev–Trinajstić information content (AvgIpc) is 2.53. The van der Waals surface area contributed by atoms with E-state index in [9.17, 15) is 14.9 Å². The molecule has 5 nitrogen and oxygen atoms in total. The van der Waals surface area contributed by atoms with Crippen LogP contribution >= 0.6 is 0 Å². The predicted octanol–water partition coefficient (Wildman–Crippen LogP) is 2.31. The van der Waals surface area contributed by atoms with Gasteiger partial charge in [-0.1, -0.05) is 48.2 Å². The van der Waals surface area contributed by atoms with Crippen molar-refractivity contribution < 1.29 is 9.72 Å². The zero-order valence-corrected chi connectivity index (χ0v) is 11.8. The molecule has 2 rings (SSSR count). The number of rotatable bonds is 4. The zero-order valence-electron chi connectivity index (χ0n) is 11.8. The fourth-order valence-corrected chi connectivity index (χ4v) is 1.88. The van der Waals surface area contributed by atoms with Gasteiger partial charge in [0.05, 0.1) is 17.9 Å². The molecular formula is C17H14N2O3. The average molecular weight is 294 g/mol. The number of amides is 1. The van der Waals surface area contributed by atoms with Crippen molar-refractivity contribution in [3.8, 4) is 11.8 Å². The summed E-state index contributed by atoms with van der Waals surface area (Å²) in [6.45, 7) is 0.203. The Morgan fingerprint density at radius 1 is 1.09 bits per heavy atom. The molecule has 0 aliphatic rings. The summed E-state index contributed by atoms with van der Waals surface area (Å²) in [4.78, 5) is 22.2. The second kappa shape index (κ2) is 7.60. The third-order valence-electron chi connectivity index (χ3n) is 2.92. The maximum atomic E-state index is 11.8. The van der Waals surface area contributed by atoms with Gasteiger partial charge in [0.1, 0.15) is 0 Å². The zero-order chi connectivity index (χ0) is 15.8. The molecule has 0 saturated carbocycles. The number of hydrogen-bond donors (Lipinski definition) is 1. The number of nitro benzene ring substituents is 1. The summed E-state index contributed by atoms with van der Waals surface area (Å²) in [5.74, 6) is 5.47. The van der Waals surface area contributed by atoms with Crippen molar-refractivity contribution >= 4 is 11.6 Å². The molecule has 0 aliphatic heterocycles. The van der Waals surface area contributed by atoms with Crippen LogP contribution in [0.5, 0.6) is 0 Å². The first-order chi connectivity index (χ1) is 10.7. The summed E-state index contributed by atoms with van der Waals surface area (Å²) in [5, 5.41) is 13.5. The lowest BCUT2D eigenvalue weighted by Gasteiger charge is -2.02. The van der Waals surface area contributed by atoms with E-state index in [1.165, 1.54) is 6.07 Å². The molecule has 0 spiro atoms. The first-order valence-corrected chi connectivity index (χ1v) is 6.70. The molecule has 0 aliphatic carbocycles. The van der Waals surface area contributed by atoms with Crippen LogP contribution in [0, 0.1) is 22.0 Å². The highest BCUT2D eigenvalue weighted by Crippen LogP contribution is 2.17. The maximum absolute atomic E-state index is 11.8. The van der Waals surface area contributed by atoms with Crippen LogP contribution in [0.2, 0.25) is 0 Å². The van der Waals surface area contributed by atoms with Crippen LogP contribution in [-0.2, 0) is 11.2 Å². The predicted molar refractivity (Wildman–Crippen MR) is 83.1 cm³/mol. The summed E-state index contributed by atoms with van der Waals surface area (Å²) in [6, 6.07) is 15.6. The number of nitrogens with one attached hydrogen (secondary N) is 1. The molecule has 2 aromatic carbocycles. The van der Waals surface area contributed by atoms with Crippen LogP contribution in [0.25, 0.3) is 0 Å². The Balaban J connectivity index is 1.89. The molecule has 0 aromatic heterocycles. The largest absolute Gasteiger partial charge is 0.345 e. The first kappa shape index (κ1) is 15.3. The van der Waals surface area contributed by atoms with Gasteiger partial charge in [-0.3, -0.25) is 14.9 Å². The third-order valence-corrected chi connectivity index (χ3v) is 2.92. The van der Waals surface area contributed by atoms with Crippen molar-refractivity contribution in [2.45, 2.75) is 6.42 Å². The second-order valence-electron chi connectivity index (χ2n) is 4.51. The molecule has 1 amide bonds. The third kappa shape index (κ3) is 4.46. The number of nitrogens with zero attached hydrogens (tertiary/aromatic N) is 1. The Bertz CT molecular complexity index is 730. The van der Waals surface area contributed by atoms with Gasteiger partial charge < -0.3 is 5.32 Å². The van der Waals surface area contributed by atoms with Gasteiger partial charge in [-0.25, -0.2) is 0 Å². The second-order valence-corrected chi connectivity index (χ2v) is 4.51. The summed E-state index contributed by atoms with van der Waals surface area (Å²) in [5.41, 5.74) is 1.21. The van der Waals surface area contributed by atoms with Gasteiger partial charge in [0.25, 0.3) is 5.69 Å². The quantitative estimate of drug-likeness (QED) is 0.534. The van der Waals surface area contributed by atoms with Crippen molar-refractivity contribution in [1.29, 1.82) is 0 Å². The highest BCUT2D eigenvalue weighted by molar-refractivity contribution is 5.80. The van der Waals surface area contributed by atoms with Crippen LogP contribution in [0.1, 0.15) is 11.1 Å². The molecule has 2 aromatic rings. The number of benzene rings is 2. The van der Waals surface area contributed by atoms with Gasteiger partial charge in [-0.05, 0) is 12.1 Å². The van der Waals surface area contributed by atoms with Crippen molar-refractivity contribution in [2.75, 3.05) is 6.54 Å². The lowest BCUT2D eigenvalue weighted by atomic mass is 10.1. The van der Waals surface area contributed by atoms with E-state index in [0.717, 1.165) is 5.56 Å². The van der Waals surface area contributed by atoms with E-state index in [1.54, 1.807) is 18.2 Å². The number of nitro groups is 1. The van der Waals surface area contributed by atoms with E-state index in [0.29, 0.717) is 5.56 Å². The topological polar surface area (TPSA) is 72.2 Å². The Hall–Kier alpha value is -3.13. The van der Waals surface area contributed by atoms with E-state index in [1.807, 2.05) is 30.3 Å². The van der Waals surface area contributed by atoms with Crippen molar-refractivity contribution in [1.82, 2.24) is 5.32 Å². The standard InChI is InChI=1S/C17H14N2O3/c20-17(13-15-10-4-5-11-16(15)19(21)22)18-12-6-9-14-7-2-1-3-8-14/h1-5,7-8,10-11H,12-13H2,(H,18,20). The van der Waals surface area contributed by atoms with E-state index in [4.69, 9.17) is 0 Å². The molecule has 0 fully saturated rings. The van der Waals surface area contributed by atoms with Gasteiger partial charge in [0, 0.05) is 17.2 Å². The van der Waals surface area contributed by atoms with Crippen LogP contribution < -0.4 is 5.32 Å². The summed E-state index contributed by atoms with van der Waals surface area (Å²) >= 11 is 0. The van der Waals surface area contributed by atoms with Crippen LogP contribution in [0.3, 0.4) is 0 Å². The van der Waals surface area contributed by atoms with Gasteiger partial charge in [-0.2, -0.15) is 0 Å². The van der Waals surface area contributed by atoms with Crippen LogP contribution in [-0.4, -0.2) is 17.4 Å². The van der Waals surface area contributed by atoms with E-state index in [-0.39, 0.29) is 24.6 Å². The van der Waals surface area contributed by atoms with Crippen molar-refractivity contribution in [3.05, 3.63) is 75.8 Å². The lowest BCUT2D eigenvalue weighted by Crippen LogP contribution is -2.25. The van der Waals surface area contributed by atoms with E-state index < -0.39 is 4.92 Å². The number of hydrogen-bond acceptors (Lipinski definition) is 3. The van der Waals surface area contributed by atoms with E-state index >= 15 is 0 Å². The Morgan fingerprint density at radius 3 is 2.50 bits per heavy atom. The molecule has 110 valence electrons. The monoisotopic (exact) mass is 294 g/mol. The van der Waals surface area contributed by atoms with Crippen molar-refractivity contribution in [3.63, 3.8) is 0 Å². The van der Waals surface area contributed by atoms with Gasteiger partial charge >= 0.3 is 0 Å². The molecule has 0 atom stereocenters. The smallest absolute Gasteiger partial charge is 0.273 e. The highest BCUT2D eigenvalue weighted by Gasteiger charge is 2.14. The van der Waals surface area contributed by atoms with E-state index in [2.05, 4.69) is 17.2 Å². The molecular weight excluding hydrogens is 280 g/mol. The molecule has 0 bridgehead atoms. The summed E-state index contributed by atoms with van der Waals surface area (Å²) in [6.07, 6.45) is -0.0375. The number of para-hydroxylation sites is 1. The number of carbonyl (C=O) groups excluding carboxylic acids is 1. The number of carbonyl (C=O) groups is 1. The molecule has 1 N–H and O–H groups in total. The minimum Gasteiger partial charge on any atom is -0.345 e. The Morgan fingerprint density at radius 2 is 1.77 bits per heavy atom. The lowest BCUT2D eigenvalue weighted by molar-refractivity contribution is -0.385. The molecule has 0 radical (unpaired) electrons. The Labute approximate surface area is 128 Å². The first-order valence-electron chi connectivity index (χ1n) is 6.70. The van der Waals surface area contributed by atoms with Crippen LogP contribution in [0.15, 0.2) is 54.6 Å². The maximum Gasteiger partial charge on any atom is 0.273 e. The Kier molecular flexibility index (Phi) is 5.27. The molecule has 0 heterocycles. The minimum absolute atomic E-state index is 0.0375. The summed E-state index contributed by atoms with van der Waals surface area (Å²) < 4.78 is 0. The van der Waals surface area contributed by atoms with Gasteiger partial charge in [-0.15, -0.1) is 0 Å². The van der Waals surface area contributed by atoms with Gasteiger partial charge in [0.15, 0.2) is 0 Å². The molecule has 0 unspecified atom stereocenters. The minimum atomic E-state index is -0.488. The molecule has 5 heteroatoms.